The van der Waals surface area contributed by atoms with Gasteiger partial charge in [-0.3, -0.25) is 4.79 Å². The van der Waals surface area contributed by atoms with Gasteiger partial charge < -0.3 is 15.2 Å². The Morgan fingerprint density at radius 1 is 1.25 bits per heavy atom. The predicted molar refractivity (Wildman–Crippen MR) is 106 cm³/mol. The van der Waals surface area contributed by atoms with E-state index in [0.29, 0.717) is 18.7 Å². The summed E-state index contributed by atoms with van der Waals surface area (Å²) >= 11 is 0. The van der Waals surface area contributed by atoms with Crippen molar-refractivity contribution in [2.45, 2.75) is 55.8 Å². The highest BCUT2D eigenvalue weighted by atomic mass is 32.3. The van der Waals surface area contributed by atoms with Gasteiger partial charge in [-0.15, -0.1) is 0 Å². The van der Waals surface area contributed by atoms with Crippen LogP contribution in [0.4, 0.5) is 5.82 Å². The number of carbonyl (C=O) groups is 1. The van der Waals surface area contributed by atoms with Gasteiger partial charge in [-0.25, -0.2) is 16.8 Å². The minimum Gasteiger partial charge on any atom is -0.359 e. The lowest BCUT2D eigenvalue weighted by Gasteiger charge is -2.30. The maximum atomic E-state index is 13.3. The summed E-state index contributed by atoms with van der Waals surface area (Å²) in [5, 5.41) is 9.19. The normalized spacial score (nSPS) is 20.1. The second kappa shape index (κ2) is 7.42. The molecule has 2 atom stereocenters. The Labute approximate surface area is 166 Å². The highest BCUT2D eigenvalue weighted by Crippen LogP contribution is 2.33. The number of hydrogen-bond acceptors (Lipinski definition) is 8. The maximum absolute atomic E-state index is 13.3. The second-order valence-electron chi connectivity index (χ2n) is 8.79. The van der Waals surface area contributed by atoms with E-state index in [1.807, 2.05) is 20.8 Å². The fraction of sp³-hybridized carbons (Fsp3) is 0.765. The monoisotopic (exact) mass is 435 g/mol. The maximum Gasteiger partial charge on any atom is 0.246 e. The number of amides is 1. The zero-order valence-corrected chi connectivity index (χ0v) is 18.7. The largest absolute Gasteiger partial charge is 0.359 e. The van der Waals surface area contributed by atoms with E-state index in [4.69, 9.17) is 4.52 Å². The van der Waals surface area contributed by atoms with Crippen LogP contribution in [0.5, 0.6) is 0 Å². The molecule has 0 radical (unpaired) electrons. The average molecular weight is 436 g/mol. The summed E-state index contributed by atoms with van der Waals surface area (Å²) in [5.74, 6) is -0.862. The highest BCUT2D eigenvalue weighted by Gasteiger charge is 2.53. The van der Waals surface area contributed by atoms with Gasteiger partial charge in [0.2, 0.25) is 5.91 Å². The lowest BCUT2D eigenvalue weighted by Crippen LogP contribution is -2.53. The van der Waals surface area contributed by atoms with Crippen molar-refractivity contribution in [3.05, 3.63) is 11.8 Å². The number of nitrogens with one attached hydrogen (secondary N) is 2. The molecule has 1 aliphatic heterocycles. The van der Waals surface area contributed by atoms with Crippen LogP contribution in [0, 0.1) is 5.92 Å². The molecule has 2 N–H and O–H groups in total. The molecule has 11 heteroatoms. The Morgan fingerprint density at radius 2 is 1.86 bits per heavy atom. The Morgan fingerprint density at radius 3 is 2.29 bits per heavy atom. The van der Waals surface area contributed by atoms with Gasteiger partial charge >= 0.3 is 0 Å². The number of nitrogens with zero attached hydrogens (tertiary/aromatic N) is 1. The topological polar surface area (TPSA) is 135 Å². The van der Waals surface area contributed by atoms with Crippen molar-refractivity contribution in [3.8, 4) is 0 Å². The molecule has 28 heavy (non-hydrogen) atoms. The summed E-state index contributed by atoms with van der Waals surface area (Å²) < 4.78 is 52.8. The van der Waals surface area contributed by atoms with E-state index in [0.717, 1.165) is 6.26 Å². The van der Waals surface area contributed by atoms with Crippen LogP contribution >= 0.6 is 0 Å². The molecule has 1 saturated heterocycles. The molecule has 9 nitrogen and oxygen atoms in total. The smallest absolute Gasteiger partial charge is 0.246 e. The Hall–Kier alpha value is -1.46. The van der Waals surface area contributed by atoms with Crippen LogP contribution < -0.4 is 10.6 Å². The van der Waals surface area contributed by atoms with Crippen LogP contribution in [0.15, 0.2) is 10.6 Å². The van der Waals surface area contributed by atoms with Gasteiger partial charge in [0, 0.05) is 30.2 Å². The van der Waals surface area contributed by atoms with Gasteiger partial charge in [-0.2, -0.15) is 0 Å². The summed E-state index contributed by atoms with van der Waals surface area (Å²) in [6.07, 6.45) is 1.31. The first-order valence-electron chi connectivity index (χ1n) is 9.00. The number of hydrogen-bond donors (Lipinski definition) is 2. The first-order chi connectivity index (χ1) is 12.6. The van der Waals surface area contributed by atoms with Gasteiger partial charge in [-0.1, -0.05) is 25.9 Å². The molecule has 1 aliphatic rings. The molecule has 0 aliphatic carbocycles. The van der Waals surface area contributed by atoms with Crippen LogP contribution in [0.2, 0.25) is 0 Å². The summed E-state index contributed by atoms with van der Waals surface area (Å²) in [7, 11) is -8.33. The molecule has 0 saturated carbocycles. The third kappa shape index (κ3) is 4.41. The minimum atomic E-state index is -4.38. The zero-order chi connectivity index (χ0) is 21.5. The summed E-state index contributed by atoms with van der Waals surface area (Å²) in [4.78, 5) is 12.8. The van der Waals surface area contributed by atoms with Gasteiger partial charge in [0.1, 0.15) is 10.5 Å². The van der Waals surface area contributed by atoms with Crippen molar-refractivity contribution in [2.75, 3.05) is 24.7 Å². The molecular weight excluding hydrogens is 406 g/mol. The van der Waals surface area contributed by atoms with Crippen molar-refractivity contribution in [3.63, 3.8) is 0 Å². The molecule has 0 spiro atoms. The molecule has 1 aromatic rings. The minimum absolute atomic E-state index is 0.0802. The Balaban J connectivity index is 2.34. The van der Waals surface area contributed by atoms with Gasteiger partial charge in [-0.05, 0) is 26.8 Å². The second-order valence-corrected chi connectivity index (χ2v) is 13.9. The molecule has 1 amide bonds. The van der Waals surface area contributed by atoms with Crippen molar-refractivity contribution in [1.29, 1.82) is 0 Å². The molecule has 0 bridgehead atoms. The predicted octanol–water partition coefficient (Wildman–Crippen LogP) is 1.08. The van der Waals surface area contributed by atoms with Crippen LogP contribution in [0.3, 0.4) is 0 Å². The standard InChI is InChI=1S/C17H29N3O6S2/c1-16(2,3)12-9-13(20-26-12)19-15(21)17(4,5)28(24,25)14(27(6,22)23)11-7-8-18-10-11/h9,11,14,18H,7-8,10H2,1-6H3,(H,19,20,21). The van der Waals surface area contributed by atoms with Gasteiger partial charge in [0.25, 0.3) is 0 Å². The van der Waals surface area contributed by atoms with Crippen LogP contribution in [0.1, 0.15) is 46.8 Å². The molecule has 2 unspecified atom stereocenters. The quantitative estimate of drug-likeness (QED) is 0.678. The molecular formula is C17H29N3O6S2. The third-order valence-corrected chi connectivity index (χ3v) is 10.6. The lowest BCUT2D eigenvalue weighted by molar-refractivity contribution is -0.117. The lowest BCUT2D eigenvalue weighted by atomic mass is 9.93. The van der Waals surface area contributed by atoms with E-state index in [1.54, 1.807) is 0 Å². The van der Waals surface area contributed by atoms with E-state index in [2.05, 4.69) is 15.8 Å². The average Bonchev–Trinajstić information content (AvgIpc) is 3.16. The molecule has 2 rings (SSSR count). The Kier molecular flexibility index (Phi) is 6.05. The van der Waals surface area contributed by atoms with Gasteiger partial charge in [0.15, 0.2) is 30.1 Å². The molecule has 160 valence electrons. The van der Waals surface area contributed by atoms with Crippen LogP contribution in [-0.4, -0.2) is 56.6 Å². The number of aromatic nitrogens is 1. The van der Waals surface area contributed by atoms with Gasteiger partial charge in [0.05, 0.1) is 0 Å². The van der Waals surface area contributed by atoms with Crippen molar-refractivity contribution >= 4 is 31.4 Å². The summed E-state index contributed by atoms with van der Waals surface area (Å²) in [6.45, 7) is 8.94. The highest BCUT2D eigenvalue weighted by molar-refractivity contribution is 8.09. The van der Waals surface area contributed by atoms with E-state index < -0.39 is 40.8 Å². The number of carbonyl (C=O) groups excluding carboxylic acids is 1. The first-order valence-corrected chi connectivity index (χ1v) is 12.5. The first kappa shape index (κ1) is 22.8. The number of sulfone groups is 2. The molecule has 0 aromatic carbocycles. The SMILES string of the molecule is CC(C)(C)c1cc(NC(=O)C(C)(C)S(=O)(=O)C(C2CCNC2)S(C)(=O)=O)no1. The van der Waals surface area contributed by atoms with E-state index in [-0.39, 0.29) is 17.8 Å². The molecule has 1 fully saturated rings. The summed E-state index contributed by atoms with van der Waals surface area (Å²) in [5.41, 5.74) is -0.339. The van der Waals surface area contributed by atoms with E-state index >= 15 is 0 Å². The Bertz CT molecular complexity index is 936. The number of rotatable bonds is 6. The molecule has 1 aromatic heterocycles. The number of anilines is 1. The van der Waals surface area contributed by atoms with Crippen LogP contribution in [0.25, 0.3) is 0 Å². The van der Waals surface area contributed by atoms with E-state index in [9.17, 15) is 21.6 Å². The molecule has 2 heterocycles. The van der Waals surface area contributed by atoms with E-state index in [1.165, 1.54) is 19.9 Å². The third-order valence-electron chi connectivity index (χ3n) is 4.96. The van der Waals surface area contributed by atoms with Crippen molar-refractivity contribution in [2.24, 2.45) is 5.92 Å². The van der Waals surface area contributed by atoms with Crippen molar-refractivity contribution < 1.29 is 26.2 Å². The van der Waals surface area contributed by atoms with Crippen LogP contribution in [-0.2, 0) is 29.9 Å². The van der Waals surface area contributed by atoms with Crippen molar-refractivity contribution in [1.82, 2.24) is 10.5 Å². The fourth-order valence-electron chi connectivity index (χ4n) is 3.12. The summed E-state index contributed by atoms with van der Waals surface area (Å²) in [6, 6.07) is 1.52. The fourth-order valence-corrected chi connectivity index (χ4v) is 8.24. The zero-order valence-electron chi connectivity index (χ0n) is 17.1.